The summed E-state index contributed by atoms with van der Waals surface area (Å²) >= 11 is 0. The number of nitrogens with zero attached hydrogens (tertiary/aromatic N) is 2. The summed E-state index contributed by atoms with van der Waals surface area (Å²) in [6.45, 7) is 2.03. The molecular formula is C16H14N2O3. The maximum atomic E-state index is 9.80. The predicted molar refractivity (Wildman–Crippen MR) is 77.0 cm³/mol. The van der Waals surface area contributed by atoms with E-state index in [1.165, 1.54) is 18.2 Å². The second-order valence-corrected chi connectivity index (χ2v) is 4.82. The molecule has 0 saturated carbocycles. The molecule has 0 aliphatic rings. The summed E-state index contributed by atoms with van der Waals surface area (Å²) in [5.74, 6) is 0.667. The molecule has 0 spiro atoms. The van der Waals surface area contributed by atoms with E-state index < -0.39 is 0 Å². The molecule has 1 aromatic heterocycles. The summed E-state index contributed by atoms with van der Waals surface area (Å²) in [4.78, 5) is 4.29. The Morgan fingerprint density at radius 1 is 1.10 bits per heavy atom. The van der Waals surface area contributed by atoms with E-state index in [1.54, 1.807) is 0 Å². The van der Waals surface area contributed by atoms with Crippen LogP contribution in [0.15, 0.2) is 47.0 Å². The Kier molecular flexibility index (Phi) is 3.31. The molecule has 0 unspecified atom stereocenters. The minimum atomic E-state index is -0.0962. The maximum Gasteiger partial charge on any atom is 0.261 e. The molecule has 3 aromatic rings. The summed E-state index contributed by atoms with van der Waals surface area (Å²) in [5.41, 5.74) is 2.69. The van der Waals surface area contributed by atoms with E-state index in [4.69, 9.17) is 4.52 Å². The van der Waals surface area contributed by atoms with E-state index in [2.05, 4.69) is 10.1 Å². The van der Waals surface area contributed by atoms with Crippen LogP contribution in [0.4, 0.5) is 0 Å². The van der Waals surface area contributed by atoms with Crippen LogP contribution in [0.2, 0.25) is 0 Å². The number of rotatable bonds is 3. The molecule has 0 aliphatic heterocycles. The minimum absolute atomic E-state index is 0.0177. The molecule has 0 aliphatic carbocycles. The van der Waals surface area contributed by atoms with Gasteiger partial charge in [-0.15, -0.1) is 0 Å². The number of aryl methyl sites for hydroxylation is 1. The Morgan fingerprint density at radius 3 is 2.67 bits per heavy atom. The quantitative estimate of drug-likeness (QED) is 0.771. The number of hydrogen-bond donors (Lipinski definition) is 2. The highest BCUT2D eigenvalue weighted by Crippen LogP contribution is 2.31. The zero-order chi connectivity index (χ0) is 14.8. The molecule has 0 amide bonds. The molecule has 0 radical (unpaired) electrons. The molecule has 5 nitrogen and oxygen atoms in total. The fraction of sp³-hybridized carbons (Fsp3) is 0.125. The molecule has 3 rings (SSSR count). The first-order valence-corrected chi connectivity index (χ1v) is 6.53. The lowest BCUT2D eigenvalue weighted by Crippen LogP contribution is -1.93. The highest BCUT2D eigenvalue weighted by molar-refractivity contribution is 5.63. The van der Waals surface area contributed by atoms with Gasteiger partial charge in [0.25, 0.3) is 5.89 Å². The number of phenols is 2. The maximum absolute atomic E-state index is 9.80. The van der Waals surface area contributed by atoms with Gasteiger partial charge in [0, 0.05) is 12.5 Å². The van der Waals surface area contributed by atoms with Crippen molar-refractivity contribution in [3.8, 4) is 23.0 Å². The van der Waals surface area contributed by atoms with E-state index >= 15 is 0 Å². The molecule has 1 heterocycles. The first-order valence-electron chi connectivity index (χ1n) is 6.53. The van der Waals surface area contributed by atoms with Crippen LogP contribution in [0, 0.1) is 6.92 Å². The zero-order valence-corrected chi connectivity index (χ0v) is 11.4. The van der Waals surface area contributed by atoms with Crippen LogP contribution >= 0.6 is 0 Å². The van der Waals surface area contributed by atoms with Gasteiger partial charge < -0.3 is 14.7 Å². The predicted octanol–water partition coefficient (Wildman–Crippen LogP) is 3.05. The lowest BCUT2D eigenvalue weighted by Gasteiger charge is -2.01. The first kappa shape index (κ1) is 13.2. The number of aromatic nitrogens is 2. The third-order valence-electron chi connectivity index (χ3n) is 3.29. The fourth-order valence-corrected chi connectivity index (χ4v) is 2.11. The molecule has 106 valence electrons. The van der Waals surface area contributed by atoms with Crippen molar-refractivity contribution >= 4 is 0 Å². The van der Waals surface area contributed by atoms with Gasteiger partial charge in [0.2, 0.25) is 0 Å². The number of benzene rings is 2. The highest BCUT2D eigenvalue weighted by atomic mass is 16.5. The Labute approximate surface area is 121 Å². The molecule has 0 fully saturated rings. The highest BCUT2D eigenvalue weighted by Gasteiger charge is 2.14. The summed E-state index contributed by atoms with van der Waals surface area (Å²) in [6, 6.07) is 12.2. The summed E-state index contributed by atoms with van der Waals surface area (Å²) in [5, 5.41) is 23.0. The van der Waals surface area contributed by atoms with Crippen molar-refractivity contribution < 1.29 is 14.7 Å². The Morgan fingerprint density at radius 2 is 1.90 bits per heavy atom. The van der Waals surface area contributed by atoms with Gasteiger partial charge in [-0.1, -0.05) is 29.4 Å². The molecule has 21 heavy (non-hydrogen) atoms. The number of phenolic OH excluding ortho intramolecular Hbond substituents is 2. The molecule has 0 atom stereocenters. The van der Waals surface area contributed by atoms with Crippen molar-refractivity contribution in [2.75, 3.05) is 0 Å². The van der Waals surface area contributed by atoms with E-state index in [1.807, 2.05) is 31.2 Å². The average molecular weight is 282 g/mol. The molecule has 2 N–H and O–H groups in total. The lowest BCUT2D eigenvalue weighted by atomic mass is 10.1. The van der Waals surface area contributed by atoms with Crippen LogP contribution in [-0.2, 0) is 6.42 Å². The Hall–Kier alpha value is -2.82. The van der Waals surface area contributed by atoms with Gasteiger partial charge in [-0.3, -0.25) is 0 Å². The summed E-state index contributed by atoms with van der Waals surface area (Å²) in [6.07, 6.45) is 0.565. The van der Waals surface area contributed by atoms with Crippen molar-refractivity contribution in [3.05, 3.63) is 59.4 Å². The minimum Gasteiger partial charge on any atom is -0.508 e. The summed E-state index contributed by atoms with van der Waals surface area (Å²) < 4.78 is 5.18. The van der Waals surface area contributed by atoms with Crippen molar-refractivity contribution in [2.45, 2.75) is 13.3 Å². The van der Waals surface area contributed by atoms with Gasteiger partial charge in [0.1, 0.15) is 11.5 Å². The number of hydrogen-bond acceptors (Lipinski definition) is 5. The van der Waals surface area contributed by atoms with Crippen molar-refractivity contribution in [2.24, 2.45) is 0 Å². The van der Waals surface area contributed by atoms with Crippen molar-refractivity contribution in [1.82, 2.24) is 10.1 Å². The SMILES string of the molecule is Cc1ccccc1Cc1noc(-c2ccc(O)cc2O)n1. The van der Waals surface area contributed by atoms with Gasteiger partial charge in [-0.2, -0.15) is 4.98 Å². The lowest BCUT2D eigenvalue weighted by molar-refractivity contribution is 0.417. The second-order valence-electron chi connectivity index (χ2n) is 4.82. The zero-order valence-electron chi connectivity index (χ0n) is 11.4. The topological polar surface area (TPSA) is 79.4 Å². The smallest absolute Gasteiger partial charge is 0.261 e. The molecule has 0 bridgehead atoms. The second kappa shape index (κ2) is 5.28. The molecule has 5 heteroatoms. The van der Waals surface area contributed by atoms with E-state index in [9.17, 15) is 10.2 Å². The molecule has 0 saturated heterocycles. The van der Waals surface area contributed by atoms with Gasteiger partial charge in [-0.05, 0) is 30.2 Å². The molecule has 2 aromatic carbocycles. The Balaban J connectivity index is 1.88. The summed E-state index contributed by atoms with van der Waals surface area (Å²) in [7, 11) is 0. The third-order valence-corrected chi connectivity index (χ3v) is 3.29. The largest absolute Gasteiger partial charge is 0.508 e. The Bertz CT molecular complexity index is 781. The van der Waals surface area contributed by atoms with Gasteiger partial charge in [0.15, 0.2) is 5.82 Å². The normalized spacial score (nSPS) is 10.7. The van der Waals surface area contributed by atoms with Crippen molar-refractivity contribution in [1.29, 1.82) is 0 Å². The fourth-order valence-electron chi connectivity index (χ4n) is 2.11. The van der Waals surface area contributed by atoms with Crippen LogP contribution in [0.1, 0.15) is 17.0 Å². The standard InChI is InChI=1S/C16H14N2O3/c1-10-4-2-3-5-11(10)8-15-17-16(21-18-15)13-7-6-12(19)9-14(13)20/h2-7,9,19-20H,8H2,1H3. The van der Waals surface area contributed by atoms with Crippen LogP contribution in [0.5, 0.6) is 11.5 Å². The van der Waals surface area contributed by atoms with Gasteiger partial charge in [-0.25, -0.2) is 0 Å². The van der Waals surface area contributed by atoms with Crippen molar-refractivity contribution in [3.63, 3.8) is 0 Å². The molecular weight excluding hydrogens is 268 g/mol. The first-order chi connectivity index (χ1) is 10.1. The van der Waals surface area contributed by atoms with E-state index in [0.717, 1.165) is 11.1 Å². The van der Waals surface area contributed by atoms with E-state index in [0.29, 0.717) is 17.8 Å². The monoisotopic (exact) mass is 282 g/mol. The van der Waals surface area contributed by atoms with Crippen LogP contribution in [0.25, 0.3) is 11.5 Å². The third kappa shape index (κ3) is 2.72. The van der Waals surface area contributed by atoms with Gasteiger partial charge >= 0.3 is 0 Å². The van der Waals surface area contributed by atoms with Crippen LogP contribution in [-0.4, -0.2) is 20.4 Å². The number of aromatic hydroxyl groups is 2. The van der Waals surface area contributed by atoms with Gasteiger partial charge in [0.05, 0.1) is 5.56 Å². The average Bonchev–Trinajstić information content (AvgIpc) is 2.90. The van der Waals surface area contributed by atoms with Crippen LogP contribution < -0.4 is 0 Å². The van der Waals surface area contributed by atoms with Crippen LogP contribution in [0.3, 0.4) is 0 Å². The van der Waals surface area contributed by atoms with E-state index in [-0.39, 0.29) is 17.4 Å².